The van der Waals surface area contributed by atoms with Crippen LogP contribution in [-0.4, -0.2) is 11.5 Å². The second kappa shape index (κ2) is 6.18. The molecule has 0 fully saturated rings. The van der Waals surface area contributed by atoms with Crippen LogP contribution in [-0.2, 0) is 0 Å². The van der Waals surface area contributed by atoms with E-state index in [0.29, 0.717) is 5.75 Å². The number of carbonyl (C=O) groups is 1. The Kier molecular flexibility index (Phi) is 4.85. The summed E-state index contributed by atoms with van der Waals surface area (Å²) in [7, 11) is 0. The molecule has 1 aromatic carbocycles. The normalized spacial score (nSPS) is 10.5. The lowest BCUT2D eigenvalue weighted by Crippen LogP contribution is -1.98. The molecule has 0 spiro atoms. The quantitative estimate of drug-likeness (QED) is 0.523. The maximum Gasteiger partial charge on any atom is 0.183 e. The molecule has 0 saturated heterocycles. The van der Waals surface area contributed by atoms with Crippen molar-refractivity contribution in [2.24, 2.45) is 0 Å². The number of carbonyl (C=O) groups excluding carboxylic acids is 1. The van der Waals surface area contributed by atoms with Crippen LogP contribution in [0.1, 0.15) is 9.67 Å². The maximum absolute atomic E-state index is 11.9. The fourth-order valence-corrected chi connectivity index (χ4v) is 4.05. The van der Waals surface area contributed by atoms with Gasteiger partial charge in [0.2, 0.25) is 0 Å². The van der Waals surface area contributed by atoms with Crippen LogP contribution in [0.3, 0.4) is 0 Å². The Balaban J connectivity index is 1.97. The maximum atomic E-state index is 11.9. The van der Waals surface area contributed by atoms with E-state index in [1.165, 1.54) is 11.3 Å². The van der Waals surface area contributed by atoms with E-state index >= 15 is 0 Å². The van der Waals surface area contributed by atoms with Crippen LogP contribution < -0.4 is 0 Å². The van der Waals surface area contributed by atoms with Crippen LogP contribution in [0.4, 0.5) is 0 Å². The first kappa shape index (κ1) is 13.3. The number of ketones is 1. The number of thioether (sulfide) groups is 1. The van der Waals surface area contributed by atoms with E-state index in [9.17, 15) is 4.79 Å². The van der Waals surface area contributed by atoms with Crippen molar-refractivity contribution in [1.29, 1.82) is 0 Å². The first-order valence-electron chi connectivity index (χ1n) is 4.82. The van der Waals surface area contributed by atoms with Crippen LogP contribution in [0, 0.1) is 0 Å². The topological polar surface area (TPSA) is 17.1 Å². The number of thiophene rings is 1. The summed E-state index contributed by atoms with van der Waals surface area (Å²) in [6.07, 6.45) is 0. The van der Waals surface area contributed by atoms with E-state index in [1.54, 1.807) is 11.8 Å². The van der Waals surface area contributed by atoms with Gasteiger partial charge in [-0.3, -0.25) is 4.79 Å². The fraction of sp³-hybridized carbons (Fsp3) is 0.0833. The average molecular weight is 392 g/mol. The number of Topliss-reactive ketones (excluding diaryl/α,β-unsaturated/α-hetero) is 1. The number of rotatable bonds is 4. The third-order valence-corrected chi connectivity index (χ3v) is 5.17. The van der Waals surface area contributed by atoms with E-state index in [-0.39, 0.29) is 5.78 Å². The van der Waals surface area contributed by atoms with Gasteiger partial charge in [0, 0.05) is 9.37 Å². The summed E-state index contributed by atoms with van der Waals surface area (Å²) >= 11 is 9.81. The van der Waals surface area contributed by atoms with Gasteiger partial charge in [0.05, 0.1) is 14.4 Å². The van der Waals surface area contributed by atoms with Gasteiger partial charge in [-0.2, -0.15) is 0 Å². The van der Waals surface area contributed by atoms with Gasteiger partial charge >= 0.3 is 0 Å². The van der Waals surface area contributed by atoms with Gasteiger partial charge in [0.25, 0.3) is 0 Å². The summed E-state index contributed by atoms with van der Waals surface area (Å²) in [5, 5.41) is 0. The molecule has 0 saturated carbocycles. The molecule has 0 amide bonds. The Morgan fingerprint density at radius 1 is 1.24 bits per heavy atom. The molecule has 2 rings (SSSR count). The van der Waals surface area contributed by atoms with Crippen LogP contribution in [0.15, 0.2) is 49.6 Å². The largest absolute Gasteiger partial charge is 0.292 e. The predicted octanol–water partition coefficient (Wildman–Crippen LogP) is 5.25. The standard InChI is InChI=1S/C12H8Br2OS2/c13-8-2-1-3-9(6-8)16-7-10(15)11-4-5-12(14)17-11/h1-6H,7H2. The number of hydrogen-bond acceptors (Lipinski definition) is 3. The Hall–Kier alpha value is -0.100. The van der Waals surface area contributed by atoms with Crippen molar-refractivity contribution in [3.63, 3.8) is 0 Å². The molecule has 1 aromatic heterocycles. The zero-order valence-electron chi connectivity index (χ0n) is 8.65. The summed E-state index contributed by atoms with van der Waals surface area (Å²) in [5.41, 5.74) is 0. The van der Waals surface area contributed by atoms with E-state index in [1.807, 2.05) is 36.4 Å². The molecule has 2 aromatic rings. The molecular formula is C12H8Br2OS2. The zero-order chi connectivity index (χ0) is 12.3. The third-order valence-electron chi connectivity index (χ3n) is 2.01. The Labute approximate surface area is 125 Å². The molecule has 88 valence electrons. The summed E-state index contributed by atoms with van der Waals surface area (Å²) in [5.74, 6) is 0.648. The van der Waals surface area contributed by atoms with Crippen molar-refractivity contribution in [3.8, 4) is 0 Å². The molecule has 0 bridgehead atoms. The Bertz CT molecular complexity index is 537. The minimum absolute atomic E-state index is 0.172. The zero-order valence-corrected chi connectivity index (χ0v) is 13.5. The van der Waals surface area contributed by atoms with Crippen LogP contribution in [0.25, 0.3) is 0 Å². The SMILES string of the molecule is O=C(CSc1cccc(Br)c1)c1ccc(Br)s1. The van der Waals surface area contributed by atoms with Gasteiger partial charge in [-0.1, -0.05) is 22.0 Å². The third kappa shape index (κ3) is 3.95. The molecule has 0 aliphatic carbocycles. The minimum atomic E-state index is 0.172. The molecule has 0 N–H and O–H groups in total. The Morgan fingerprint density at radius 3 is 2.71 bits per heavy atom. The molecule has 5 heteroatoms. The number of benzene rings is 1. The van der Waals surface area contributed by atoms with E-state index in [2.05, 4.69) is 31.9 Å². The smallest absolute Gasteiger partial charge is 0.183 e. The highest BCUT2D eigenvalue weighted by Crippen LogP contribution is 2.26. The lowest BCUT2D eigenvalue weighted by atomic mass is 10.3. The van der Waals surface area contributed by atoms with E-state index in [0.717, 1.165) is 18.0 Å². The van der Waals surface area contributed by atoms with E-state index in [4.69, 9.17) is 0 Å². The van der Waals surface area contributed by atoms with Gasteiger partial charge in [0.15, 0.2) is 5.78 Å². The van der Waals surface area contributed by atoms with Crippen molar-refractivity contribution in [3.05, 3.63) is 49.5 Å². The summed E-state index contributed by atoms with van der Waals surface area (Å²) in [4.78, 5) is 13.8. The van der Waals surface area contributed by atoms with Crippen LogP contribution in [0.5, 0.6) is 0 Å². The average Bonchev–Trinajstić information content (AvgIpc) is 2.73. The van der Waals surface area contributed by atoms with Crippen molar-refractivity contribution in [2.45, 2.75) is 4.90 Å². The summed E-state index contributed by atoms with van der Waals surface area (Å²) in [6, 6.07) is 11.7. The molecule has 17 heavy (non-hydrogen) atoms. The molecule has 0 aliphatic rings. The van der Waals surface area contributed by atoms with Gasteiger partial charge in [-0.25, -0.2) is 0 Å². The second-order valence-electron chi connectivity index (χ2n) is 3.27. The molecule has 0 radical (unpaired) electrons. The van der Waals surface area contributed by atoms with Crippen molar-refractivity contribution in [2.75, 3.05) is 5.75 Å². The number of halogens is 2. The Morgan fingerprint density at radius 2 is 2.06 bits per heavy atom. The highest BCUT2D eigenvalue weighted by molar-refractivity contribution is 9.11. The van der Waals surface area contributed by atoms with Crippen molar-refractivity contribution in [1.82, 2.24) is 0 Å². The lowest BCUT2D eigenvalue weighted by Gasteiger charge is -2.00. The summed E-state index contributed by atoms with van der Waals surface area (Å²) < 4.78 is 2.03. The molecule has 1 nitrogen and oxygen atoms in total. The highest BCUT2D eigenvalue weighted by atomic mass is 79.9. The van der Waals surface area contributed by atoms with Gasteiger partial charge < -0.3 is 0 Å². The molecular weight excluding hydrogens is 384 g/mol. The minimum Gasteiger partial charge on any atom is -0.292 e. The second-order valence-corrected chi connectivity index (χ2v) is 7.70. The lowest BCUT2D eigenvalue weighted by molar-refractivity contribution is 0.102. The van der Waals surface area contributed by atoms with Gasteiger partial charge in [-0.05, 0) is 46.3 Å². The highest BCUT2D eigenvalue weighted by Gasteiger charge is 2.09. The first-order chi connectivity index (χ1) is 8.15. The van der Waals surface area contributed by atoms with Crippen LogP contribution in [0.2, 0.25) is 0 Å². The molecule has 0 aliphatic heterocycles. The van der Waals surface area contributed by atoms with Crippen LogP contribution >= 0.6 is 55.0 Å². The number of hydrogen-bond donors (Lipinski definition) is 0. The molecule has 1 heterocycles. The van der Waals surface area contributed by atoms with Gasteiger partial charge in [-0.15, -0.1) is 23.1 Å². The summed E-state index contributed by atoms with van der Waals surface area (Å²) in [6.45, 7) is 0. The fourth-order valence-electron chi connectivity index (χ4n) is 1.24. The van der Waals surface area contributed by atoms with Gasteiger partial charge in [0.1, 0.15) is 0 Å². The molecule has 0 unspecified atom stereocenters. The molecule has 0 atom stereocenters. The first-order valence-corrected chi connectivity index (χ1v) is 8.21. The predicted molar refractivity (Wildman–Crippen MR) is 81.2 cm³/mol. The van der Waals surface area contributed by atoms with E-state index < -0.39 is 0 Å². The van der Waals surface area contributed by atoms with Crippen molar-refractivity contribution < 1.29 is 4.79 Å². The van der Waals surface area contributed by atoms with Crippen molar-refractivity contribution >= 4 is 60.7 Å². The monoisotopic (exact) mass is 390 g/mol.